The monoisotopic (exact) mass is 278 g/mol. The largest absolute Gasteiger partial charge is 0.497 e. The fraction of sp³-hybridized carbons (Fsp3) is 0.588. The van der Waals surface area contributed by atoms with Crippen molar-refractivity contribution in [3.8, 4) is 5.75 Å². The molecule has 112 valence electrons. The Balaban J connectivity index is 2.43. The molecule has 0 aliphatic heterocycles. The molecule has 1 rings (SSSR count). The smallest absolute Gasteiger partial charge is 0.125 e. The highest BCUT2D eigenvalue weighted by atomic mass is 16.5. The molecule has 1 aromatic rings. The van der Waals surface area contributed by atoms with Crippen molar-refractivity contribution in [2.75, 3.05) is 7.11 Å². The highest BCUT2D eigenvalue weighted by Gasteiger charge is 2.17. The number of methoxy groups -OCH3 is 1. The van der Waals surface area contributed by atoms with Crippen molar-refractivity contribution in [3.63, 3.8) is 0 Å². The molecule has 0 aliphatic carbocycles. The van der Waals surface area contributed by atoms with Crippen LogP contribution in [0.4, 0.5) is 0 Å². The van der Waals surface area contributed by atoms with E-state index in [1.165, 1.54) is 0 Å². The van der Waals surface area contributed by atoms with Crippen LogP contribution < -0.4 is 4.74 Å². The Morgan fingerprint density at radius 3 is 2.25 bits per heavy atom. The lowest BCUT2D eigenvalue weighted by atomic mass is 9.95. The Hall–Kier alpha value is -1.35. The molecule has 1 aromatic carbocycles. The second-order valence-electron chi connectivity index (χ2n) is 5.64. The van der Waals surface area contributed by atoms with Gasteiger partial charge in [-0.15, -0.1) is 0 Å². The summed E-state index contributed by atoms with van der Waals surface area (Å²) < 4.78 is 10.9. The first-order chi connectivity index (χ1) is 9.56. The van der Waals surface area contributed by atoms with Crippen molar-refractivity contribution in [2.24, 2.45) is 11.8 Å². The predicted octanol–water partition coefficient (Wildman–Crippen LogP) is 3.85. The van der Waals surface area contributed by atoms with E-state index in [1.54, 1.807) is 7.11 Å². The molecule has 0 radical (unpaired) electrons. The van der Waals surface area contributed by atoms with Crippen LogP contribution in [0.5, 0.6) is 5.75 Å². The van der Waals surface area contributed by atoms with Gasteiger partial charge in [0, 0.05) is 5.92 Å². The van der Waals surface area contributed by atoms with Crippen molar-refractivity contribution in [1.82, 2.24) is 0 Å². The minimum atomic E-state index is -0.0478. The average Bonchev–Trinajstić information content (AvgIpc) is 2.46. The maximum atomic E-state index is 11.2. The minimum Gasteiger partial charge on any atom is -0.497 e. The van der Waals surface area contributed by atoms with Crippen LogP contribution in [0, 0.1) is 11.8 Å². The van der Waals surface area contributed by atoms with Gasteiger partial charge >= 0.3 is 0 Å². The summed E-state index contributed by atoms with van der Waals surface area (Å²) in [6.45, 7) is 6.84. The number of hydrogen-bond acceptors (Lipinski definition) is 3. The highest BCUT2D eigenvalue weighted by molar-refractivity contribution is 5.54. The Morgan fingerprint density at radius 2 is 1.75 bits per heavy atom. The van der Waals surface area contributed by atoms with Crippen molar-refractivity contribution < 1.29 is 14.3 Å². The molecule has 0 saturated heterocycles. The fourth-order valence-electron chi connectivity index (χ4n) is 2.01. The first-order valence-electron chi connectivity index (χ1n) is 7.26. The van der Waals surface area contributed by atoms with Gasteiger partial charge in [0.25, 0.3) is 0 Å². The molecule has 3 nitrogen and oxygen atoms in total. The summed E-state index contributed by atoms with van der Waals surface area (Å²) in [5.74, 6) is 1.44. The summed E-state index contributed by atoms with van der Waals surface area (Å²) >= 11 is 0. The van der Waals surface area contributed by atoms with E-state index >= 15 is 0 Å². The van der Waals surface area contributed by atoms with Gasteiger partial charge in [0.05, 0.1) is 19.8 Å². The zero-order valence-electron chi connectivity index (χ0n) is 13.0. The summed E-state index contributed by atoms with van der Waals surface area (Å²) in [5, 5.41) is 0. The third-order valence-corrected chi connectivity index (χ3v) is 3.53. The van der Waals surface area contributed by atoms with Gasteiger partial charge in [-0.2, -0.15) is 0 Å². The molecular weight excluding hydrogens is 252 g/mol. The molecule has 0 spiro atoms. The number of carbonyl (C=O) groups is 1. The number of ether oxygens (including phenoxy) is 2. The topological polar surface area (TPSA) is 35.5 Å². The quantitative estimate of drug-likeness (QED) is 0.644. The van der Waals surface area contributed by atoms with Crippen molar-refractivity contribution in [3.05, 3.63) is 29.8 Å². The molecule has 0 bridgehead atoms. The third-order valence-electron chi connectivity index (χ3n) is 3.53. The van der Waals surface area contributed by atoms with E-state index in [0.717, 1.165) is 30.4 Å². The van der Waals surface area contributed by atoms with Gasteiger partial charge in [0.15, 0.2) is 0 Å². The second-order valence-corrected chi connectivity index (χ2v) is 5.64. The summed E-state index contributed by atoms with van der Waals surface area (Å²) in [7, 11) is 1.65. The zero-order chi connectivity index (χ0) is 15.0. The first kappa shape index (κ1) is 16.7. The lowest BCUT2D eigenvalue weighted by Gasteiger charge is -2.20. The van der Waals surface area contributed by atoms with Crippen LogP contribution in [0.1, 0.15) is 39.2 Å². The number of rotatable bonds is 9. The highest BCUT2D eigenvalue weighted by Crippen LogP contribution is 2.18. The van der Waals surface area contributed by atoms with Crippen molar-refractivity contribution in [1.29, 1.82) is 0 Å². The Kier molecular flexibility index (Phi) is 7.31. The third kappa shape index (κ3) is 5.74. The molecule has 2 atom stereocenters. The molecule has 0 aliphatic rings. The van der Waals surface area contributed by atoms with Gasteiger partial charge in [0.1, 0.15) is 12.0 Å². The van der Waals surface area contributed by atoms with Gasteiger partial charge in [-0.3, -0.25) is 0 Å². The first-order valence-corrected chi connectivity index (χ1v) is 7.26. The summed E-state index contributed by atoms with van der Waals surface area (Å²) in [6.07, 6.45) is 2.93. The normalized spacial score (nSPS) is 14.1. The van der Waals surface area contributed by atoms with E-state index in [4.69, 9.17) is 9.47 Å². The van der Waals surface area contributed by atoms with Crippen LogP contribution in [0.15, 0.2) is 24.3 Å². The average molecular weight is 278 g/mol. The molecule has 3 heteroatoms. The lowest BCUT2D eigenvalue weighted by Crippen LogP contribution is -2.22. The Morgan fingerprint density at radius 1 is 1.10 bits per heavy atom. The standard InChI is InChI=1S/C17H26O3/c1-13(2)5-8-16(11-18)14(3)20-12-15-6-9-17(19-4)10-7-15/h6-7,9-11,13-14,16H,5,8,12H2,1-4H3/t14-,16+/m0/s1. The number of benzene rings is 1. The summed E-state index contributed by atoms with van der Waals surface area (Å²) in [6, 6.07) is 7.80. The second kappa shape index (κ2) is 8.75. The van der Waals surface area contributed by atoms with Gasteiger partial charge in [-0.05, 0) is 37.0 Å². The summed E-state index contributed by atoms with van der Waals surface area (Å²) in [5.41, 5.74) is 1.09. The molecule has 0 aromatic heterocycles. The van der Waals surface area contributed by atoms with Gasteiger partial charge in [0.2, 0.25) is 0 Å². The van der Waals surface area contributed by atoms with Crippen molar-refractivity contribution in [2.45, 2.75) is 46.3 Å². The fourth-order valence-corrected chi connectivity index (χ4v) is 2.01. The van der Waals surface area contributed by atoms with Crippen LogP contribution >= 0.6 is 0 Å². The molecule has 0 fully saturated rings. The van der Waals surface area contributed by atoms with E-state index < -0.39 is 0 Å². The van der Waals surface area contributed by atoms with Gasteiger partial charge in [-0.1, -0.05) is 32.4 Å². The molecule has 0 amide bonds. The van der Waals surface area contributed by atoms with Crippen LogP contribution in [0.2, 0.25) is 0 Å². The number of aldehydes is 1. The van der Waals surface area contributed by atoms with Crippen LogP contribution in [0.25, 0.3) is 0 Å². The molecule has 0 unspecified atom stereocenters. The van der Waals surface area contributed by atoms with E-state index in [1.807, 2.05) is 31.2 Å². The summed E-state index contributed by atoms with van der Waals surface area (Å²) in [4.78, 5) is 11.2. The van der Waals surface area contributed by atoms with Gasteiger partial charge in [-0.25, -0.2) is 0 Å². The molecule has 20 heavy (non-hydrogen) atoms. The molecule has 0 N–H and O–H groups in total. The SMILES string of the molecule is COc1ccc(CO[C@@H](C)[C@@H](C=O)CCC(C)C)cc1. The van der Waals surface area contributed by atoms with E-state index in [0.29, 0.717) is 12.5 Å². The Bertz CT molecular complexity index is 384. The number of carbonyl (C=O) groups excluding carboxylic acids is 1. The van der Waals surface area contributed by atoms with Gasteiger partial charge < -0.3 is 14.3 Å². The van der Waals surface area contributed by atoms with E-state index in [2.05, 4.69) is 13.8 Å². The van der Waals surface area contributed by atoms with Crippen LogP contribution in [0.3, 0.4) is 0 Å². The van der Waals surface area contributed by atoms with Crippen LogP contribution in [-0.2, 0) is 16.1 Å². The molecular formula is C17H26O3. The van der Waals surface area contributed by atoms with E-state index in [-0.39, 0.29) is 12.0 Å². The minimum absolute atomic E-state index is 0.0179. The predicted molar refractivity (Wildman–Crippen MR) is 80.9 cm³/mol. The molecule has 0 heterocycles. The van der Waals surface area contributed by atoms with E-state index in [9.17, 15) is 4.79 Å². The zero-order valence-corrected chi connectivity index (χ0v) is 13.0. The van der Waals surface area contributed by atoms with Crippen molar-refractivity contribution >= 4 is 6.29 Å². The number of hydrogen-bond donors (Lipinski definition) is 0. The maximum absolute atomic E-state index is 11.2. The molecule has 0 saturated carbocycles. The maximum Gasteiger partial charge on any atom is 0.125 e. The lowest BCUT2D eigenvalue weighted by molar-refractivity contribution is -0.116. The van der Waals surface area contributed by atoms with Crippen LogP contribution in [-0.4, -0.2) is 19.5 Å². The Labute approximate surface area is 122 Å².